The van der Waals surface area contributed by atoms with Gasteiger partial charge in [0.25, 0.3) is 0 Å². The van der Waals surface area contributed by atoms with Gasteiger partial charge in [0.05, 0.1) is 11.0 Å². The Balaban J connectivity index is 1.69. The molecule has 1 aliphatic rings. The van der Waals surface area contributed by atoms with Crippen LogP contribution in [0, 0.1) is 0 Å². The van der Waals surface area contributed by atoms with Crippen molar-refractivity contribution in [3.05, 3.63) is 45.2 Å². The highest BCUT2D eigenvalue weighted by Crippen LogP contribution is 2.34. The van der Waals surface area contributed by atoms with E-state index in [9.17, 15) is 22.8 Å². The van der Waals surface area contributed by atoms with Crippen LogP contribution in [0.5, 0.6) is 0 Å². The maximum atomic E-state index is 12.4. The van der Waals surface area contributed by atoms with Gasteiger partial charge in [0.1, 0.15) is 0 Å². The summed E-state index contributed by atoms with van der Waals surface area (Å²) >= 11 is 6.03. The Bertz CT molecular complexity index is 1110. The first-order valence-electron chi connectivity index (χ1n) is 8.10. The fraction of sp³-hybridized carbons (Fsp3) is 0.294. The minimum atomic E-state index is -5.05. The van der Waals surface area contributed by atoms with Gasteiger partial charge in [-0.15, -0.1) is 5.06 Å². The zero-order chi connectivity index (χ0) is 19.3. The number of nitrogens with one attached hydrogen (secondary N) is 2. The highest BCUT2D eigenvalue weighted by atomic mass is 35.5. The average molecular weight is 400 g/mol. The molecule has 0 spiro atoms. The Morgan fingerprint density at radius 3 is 2.74 bits per heavy atom. The first-order chi connectivity index (χ1) is 12.7. The molecule has 27 heavy (non-hydrogen) atoms. The Labute approximate surface area is 154 Å². The van der Waals surface area contributed by atoms with Gasteiger partial charge in [-0.05, 0) is 30.2 Å². The monoisotopic (exact) mass is 399 g/mol. The van der Waals surface area contributed by atoms with E-state index in [2.05, 4.69) is 14.8 Å². The predicted octanol–water partition coefficient (Wildman–Crippen LogP) is 3.47. The number of hydrogen-bond donors (Lipinski definition) is 2. The minimum absolute atomic E-state index is 0.0660. The molecular formula is C17H13ClF3N3O3. The molecule has 1 fully saturated rings. The molecule has 6 nitrogen and oxygen atoms in total. The summed E-state index contributed by atoms with van der Waals surface area (Å²) in [6.45, 7) is 0.212. The van der Waals surface area contributed by atoms with Crippen LogP contribution in [0.4, 0.5) is 13.2 Å². The van der Waals surface area contributed by atoms with Gasteiger partial charge in [0.2, 0.25) is 5.56 Å². The molecule has 1 aromatic carbocycles. The molecule has 0 saturated carbocycles. The van der Waals surface area contributed by atoms with E-state index >= 15 is 0 Å². The smallest absolute Gasteiger partial charge is 0.361 e. The van der Waals surface area contributed by atoms with Crippen molar-refractivity contribution in [1.29, 1.82) is 0 Å². The minimum Gasteiger partial charge on any atom is -0.361 e. The van der Waals surface area contributed by atoms with Crippen LogP contribution in [0.25, 0.3) is 21.9 Å². The van der Waals surface area contributed by atoms with Crippen LogP contribution < -0.4 is 5.56 Å². The van der Waals surface area contributed by atoms with Crippen LogP contribution in [0.2, 0.25) is 5.02 Å². The van der Waals surface area contributed by atoms with Crippen molar-refractivity contribution in [3.63, 3.8) is 0 Å². The summed E-state index contributed by atoms with van der Waals surface area (Å²) in [4.78, 5) is 33.5. The van der Waals surface area contributed by atoms with Gasteiger partial charge in [-0.25, -0.2) is 4.79 Å². The van der Waals surface area contributed by atoms with E-state index in [1.54, 1.807) is 18.2 Å². The molecule has 1 saturated heterocycles. The van der Waals surface area contributed by atoms with Gasteiger partial charge >= 0.3 is 12.1 Å². The summed E-state index contributed by atoms with van der Waals surface area (Å²) in [7, 11) is 0. The molecule has 0 bridgehead atoms. The van der Waals surface area contributed by atoms with E-state index in [1.807, 2.05) is 0 Å². The zero-order valence-corrected chi connectivity index (χ0v) is 14.4. The molecule has 1 atom stereocenters. The largest absolute Gasteiger partial charge is 0.492 e. The highest BCUT2D eigenvalue weighted by molar-refractivity contribution is 6.31. The molecule has 1 unspecified atom stereocenters. The molecular weight excluding hydrogens is 387 g/mol. The lowest BCUT2D eigenvalue weighted by molar-refractivity contribution is -0.235. The number of rotatable bonds is 2. The second-order valence-corrected chi connectivity index (χ2v) is 6.84. The number of hydrogen-bond acceptors (Lipinski definition) is 4. The number of alkyl halides is 3. The summed E-state index contributed by atoms with van der Waals surface area (Å²) in [6, 6.07) is 6.64. The van der Waals surface area contributed by atoms with E-state index in [4.69, 9.17) is 11.6 Å². The molecule has 0 aliphatic carbocycles. The lowest BCUT2D eigenvalue weighted by atomic mass is 9.98. The third-order valence-corrected chi connectivity index (χ3v) is 4.85. The van der Waals surface area contributed by atoms with Crippen molar-refractivity contribution < 1.29 is 22.8 Å². The van der Waals surface area contributed by atoms with E-state index in [0.29, 0.717) is 28.0 Å². The Morgan fingerprint density at radius 2 is 2.00 bits per heavy atom. The number of fused-ring (bicyclic) bond motifs is 3. The van der Waals surface area contributed by atoms with Gasteiger partial charge in [-0.1, -0.05) is 11.6 Å². The number of halogens is 4. The second kappa shape index (κ2) is 6.28. The van der Waals surface area contributed by atoms with Crippen LogP contribution in [-0.2, 0) is 9.63 Å². The molecule has 10 heteroatoms. The molecule has 0 amide bonds. The topological polar surface area (TPSA) is 78.2 Å². The number of aromatic amines is 2. The van der Waals surface area contributed by atoms with E-state index < -0.39 is 12.1 Å². The SMILES string of the molecule is O=C(ON1CCC(c2cc(=O)[nH]c3c2[nH]c2ccc(Cl)cc23)C1)C(F)(F)F. The van der Waals surface area contributed by atoms with Crippen LogP contribution in [0.3, 0.4) is 0 Å². The van der Waals surface area contributed by atoms with Crippen molar-refractivity contribution in [2.75, 3.05) is 13.1 Å². The normalized spacial score (nSPS) is 18.4. The standard InChI is InChI=1S/C17H13ClF3N3O3/c18-9-1-2-12-11(5-9)15-14(22-12)10(6-13(25)23-15)8-3-4-24(7-8)27-16(26)17(19,20)21/h1-2,5-6,8,22H,3-4,7H2,(H,23,25). The molecule has 1 aliphatic heterocycles. The first kappa shape index (κ1) is 17.9. The number of carbonyl (C=O) groups is 1. The van der Waals surface area contributed by atoms with Crippen molar-refractivity contribution in [2.45, 2.75) is 18.5 Å². The van der Waals surface area contributed by atoms with Gasteiger partial charge in [-0.3, -0.25) is 4.79 Å². The molecule has 0 radical (unpaired) electrons. The molecule has 142 valence electrons. The summed E-state index contributed by atoms with van der Waals surface area (Å²) < 4.78 is 37.1. The van der Waals surface area contributed by atoms with Crippen molar-refractivity contribution in [1.82, 2.24) is 15.0 Å². The summed E-state index contributed by atoms with van der Waals surface area (Å²) in [6.07, 6.45) is -4.61. The molecule has 2 aromatic heterocycles. The fourth-order valence-corrected chi connectivity index (χ4v) is 3.61. The number of nitrogens with zero attached hydrogens (tertiary/aromatic N) is 1. The van der Waals surface area contributed by atoms with Gasteiger partial charge in [-0.2, -0.15) is 13.2 Å². The number of carbonyl (C=O) groups excluding carboxylic acids is 1. The van der Waals surface area contributed by atoms with Crippen LogP contribution >= 0.6 is 11.6 Å². The summed E-state index contributed by atoms with van der Waals surface area (Å²) in [5.74, 6) is -2.51. The Kier molecular flexibility index (Phi) is 4.15. The number of pyridine rings is 1. The van der Waals surface area contributed by atoms with Gasteiger partial charge < -0.3 is 14.8 Å². The van der Waals surface area contributed by atoms with E-state index in [-0.39, 0.29) is 24.6 Å². The van der Waals surface area contributed by atoms with Crippen LogP contribution in [0.1, 0.15) is 17.9 Å². The summed E-state index contributed by atoms with van der Waals surface area (Å²) in [5, 5.41) is 2.24. The van der Waals surface area contributed by atoms with E-state index in [1.165, 1.54) is 6.07 Å². The number of hydroxylamine groups is 2. The molecule has 3 aromatic rings. The summed E-state index contributed by atoms with van der Waals surface area (Å²) in [5.41, 5.74) is 2.37. The van der Waals surface area contributed by atoms with E-state index in [0.717, 1.165) is 16.0 Å². The lowest BCUT2D eigenvalue weighted by Gasteiger charge is -2.16. The second-order valence-electron chi connectivity index (χ2n) is 6.40. The zero-order valence-electron chi connectivity index (χ0n) is 13.7. The predicted molar refractivity (Wildman–Crippen MR) is 92.5 cm³/mol. The van der Waals surface area contributed by atoms with Gasteiger partial charge in [0.15, 0.2) is 0 Å². The molecule has 4 rings (SSSR count). The maximum absolute atomic E-state index is 12.4. The van der Waals surface area contributed by atoms with Crippen LogP contribution in [-0.4, -0.2) is 40.3 Å². The van der Waals surface area contributed by atoms with Crippen molar-refractivity contribution >= 4 is 39.5 Å². The number of H-pyrrole nitrogens is 2. The third kappa shape index (κ3) is 3.28. The first-order valence-corrected chi connectivity index (χ1v) is 8.48. The van der Waals surface area contributed by atoms with Gasteiger partial charge in [0, 0.05) is 41.0 Å². The van der Waals surface area contributed by atoms with Crippen LogP contribution in [0.15, 0.2) is 29.1 Å². The number of benzene rings is 1. The average Bonchev–Trinajstić information content (AvgIpc) is 3.18. The van der Waals surface area contributed by atoms with Crippen molar-refractivity contribution in [2.24, 2.45) is 0 Å². The lowest BCUT2D eigenvalue weighted by Crippen LogP contribution is -2.33. The quantitative estimate of drug-likeness (QED) is 0.691. The highest BCUT2D eigenvalue weighted by Gasteiger charge is 2.43. The fourth-order valence-electron chi connectivity index (χ4n) is 3.44. The third-order valence-electron chi connectivity index (χ3n) is 4.62. The Hall–Kier alpha value is -2.52. The molecule has 3 heterocycles. The number of aromatic nitrogens is 2. The van der Waals surface area contributed by atoms with Crippen molar-refractivity contribution in [3.8, 4) is 0 Å². The molecule has 2 N–H and O–H groups in total. The Morgan fingerprint density at radius 1 is 1.22 bits per heavy atom. The maximum Gasteiger partial charge on any atom is 0.492 e.